The summed E-state index contributed by atoms with van der Waals surface area (Å²) in [6.45, 7) is 1.71. The first-order chi connectivity index (χ1) is 8.65. The summed E-state index contributed by atoms with van der Waals surface area (Å²) in [5.41, 5.74) is 0. The Kier molecular flexibility index (Phi) is 7.38. The average molecular weight is 296 g/mol. The van der Waals surface area contributed by atoms with E-state index in [0.29, 0.717) is 0 Å². The van der Waals surface area contributed by atoms with Crippen LogP contribution in [-0.2, 0) is 19.4 Å². The van der Waals surface area contributed by atoms with Crippen molar-refractivity contribution in [2.45, 2.75) is 25.4 Å². The Morgan fingerprint density at radius 3 is 2.32 bits per heavy atom. The fraction of sp³-hybridized carbons (Fsp3) is 0.800. The Morgan fingerprint density at radius 1 is 1.32 bits per heavy atom. The van der Waals surface area contributed by atoms with Gasteiger partial charge in [-0.25, -0.2) is 18.0 Å². The van der Waals surface area contributed by atoms with Gasteiger partial charge in [0.05, 0.1) is 5.75 Å². The highest BCUT2D eigenvalue weighted by Gasteiger charge is 2.21. The standard InChI is InChI=1S/C10H20N2O6S/c1-7(6-19(3,16)17)11-10(15)12-8(9(13)14)4-5-18-2/h7-8H,4-6H2,1-3H3,(H,13,14)(H2,11,12,15). The number of hydrogen-bond donors (Lipinski definition) is 3. The van der Waals surface area contributed by atoms with E-state index < -0.39 is 33.9 Å². The summed E-state index contributed by atoms with van der Waals surface area (Å²) >= 11 is 0. The molecule has 0 aromatic carbocycles. The molecule has 2 atom stereocenters. The minimum Gasteiger partial charge on any atom is -0.480 e. The van der Waals surface area contributed by atoms with Crippen LogP contribution >= 0.6 is 0 Å². The number of ether oxygens (including phenoxy) is 1. The molecule has 0 rings (SSSR count). The fourth-order valence-electron chi connectivity index (χ4n) is 1.41. The molecule has 0 aliphatic heterocycles. The first-order valence-electron chi connectivity index (χ1n) is 5.62. The molecule has 9 heteroatoms. The highest BCUT2D eigenvalue weighted by molar-refractivity contribution is 7.90. The number of carboxylic acids is 1. The van der Waals surface area contributed by atoms with Crippen molar-refractivity contribution in [1.29, 1.82) is 0 Å². The molecule has 0 fully saturated rings. The van der Waals surface area contributed by atoms with Crippen molar-refractivity contribution >= 4 is 21.8 Å². The first kappa shape index (κ1) is 17.6. The van der Waals surface area contributed by atoms with Crippen LogP contribution < -0.4 is 10.6 Å². The van der Waals surface area contributed by atoms with E-state index in [1.165, 1.54) is 14.0 Å². The van der Waals surface area contributed by atoms with Gasteiger partial charge in [0.2, 0.25) is 0 Å². The van der Waals surface area contributed by atoms with Crippen LogP contribution in [0.4, 0.5) is 4.79 Å². The highest BCUT2D eigenvalue weighted by atomic mass is 32.2. The molecule has 0 radical (unpaired) electrons. The Bertz CT molecular complexity index is 408. The Labute approximate surface area is 112 Å². The van der Waals surface area contributed by atoms with Crippen molar-refractivity contribution in [3.8, 4) is 0 Å². The maximum Gasteiger partial charge on any atom is 0.326 e. The van der Waals surface area contributed by atoms with Crippen LogP contribution in [0.2, 0.25) is 0 Å². The van der Waals surface area contributed by atoms with Gasteiger partial charge in [0.25, 0.3) is 0 Å². The molecule has 3 N–H and O–H groups in total. The van der Waals surface area contributed by atoms with E-state index in [9.17, 15) is 18.0 Å². The summed E-state index contributed by atoms with van der Waals surface area (Å²) in [6, 6.07) is -2.41. The highest BCUT2D eigenvalue weighted by Crippen LogP contribution is 1.95. The van der Waals surface area contributed by atoms with Crippen molar-refractivity contribution in [3.05, 3.63) is 0 Å². The third-order valence-corrected chi connectivity index (χ3v) is 3.25. The minimum atomic E-state index is -3.21. The Hall–Kier alpha value is -1.35. The number of aliphatic carboxylic acids is 1. The van der Waals surface area contributed by atoms with Crippen molar-refractivity contribution in [1.82, 2.24) is 10.6 Å². The summed E-state index contributed by atoms with van der Waals surface area (Å²) in [6.07, 6.45) is 1.18. The van der Waals surface area contributed by atoms with E-state index >= 15 is 0 Å². The van der Waals surface area contributed by atoms with Gasteiger partial charge in [-0.3, -0.25) is 0 Å². The Balaban J connectivity index is 4.30. The van der Waals surface area contributed by atoms with E-state index in [1.807, 2.05) is 0 Å². The van der Waals surface area contributed by atoms with Gasteiger partial charge in [0.15, 0.2) is 0 Å². The second-order valence-corrected chi connectivity index (χ2v) is 6.47. The molecule has 8 nitrogen and oxygen atoms in total. The second-order valence-electron chi connectivity index (χ2n) is 4.28. The van der Waals surface area contributed by atoms with Crippen molar-refractivity contribution in [2.75, 3.05) is 25.7 Å². The van der Waals surface area contributed by atoms with Crippen molar-refractivity contribution in [3.63, 3.8) is 0 Å². The van der Waals surface area contributed by atoms with Gasteiger partial charge in [-0.05, 0) is 6.92 Å². The molecule has 2 unspecified atom stereocenters. The number of methoxy groups -OCH3 is 1. The van der Waals surface area contributed by atoms with Gasteiger partial charge in [-0.15, -0.1) is 0 Å². The van der Waals surface area contributed by atoms with Crippen molar-refractivity contribution < 1.29 is 27.9 Å². The molecule has 0 spiro atoms. The average Bonchev–Trinajstić information content (AvgIpc) is 2.20. The van der Waals surface area contributed by atoms with Gasteiger partial charge < -0.3 is 20.5 Å². The van der Waals surface area contributed by atoms with E-state index in [2.05, 4.69) is 10.6 Å². The number of urea groups is 1. The minimum absolute atomic E-state index is 0.125. The number of hydrogen-bond acceptors (Lipinski definition) is 5. The number of sulfone groups is 1. The monoisotopic (exact) mass is 296 g/mol. The molecular weight excluding hydrogens is 276 g/mol. The lowest BCUT2D eigenvalue weighted by Crippen LogP contribution is -2.50. The van der Waals surface area contributed by atoms with Crippen LogP contribution in [0.15, 0.2) is 0 Å². The van der Waals surface area contributed by atoms with Gasteiger partial charge in [-0.1, -0.05) is 0 Å². The molecule has 0 aromatic rings. The van der Waals surface area contributed by atoms with Crippen molar-refractivity contribution in [2.24, 2.45) is 0 Å². The van der Waals surface area contributed by atoms with Gasteiger partial charge in [-0.2, -0.15) is 0 Å². The zero-order valence-corrected chi connectivity index (χ0v) is 12.0. The third kappa shape index (κ3) is 9.25. The fourth-order valence-corrected chi connectivity index (χ4v) is 2.40. The molecule has 112 valence electrons. The lowest BCUT2D eigenvalue weighted by molar-refractivity contribution is -0.139. The van der Waals surface area contributed by atoms with Gasteiger partial charge in [0.1, 0.15) is 15.9 Å². The predicted molar refractivity (Wildman–Crippen MR) is 68.8 cm³/mol. The quantitative estimate of drug-likeness (QED) is 0.539. The van der Waals surface area contributed by atoms with E-state index in [-0.39, 0.29) is 18.8 Å². The smallest absolute Gasteiger partial charge is 0.326 e. The molecule has 0 aromatic heterocycles. The predicted octanol–water partition coefficient (Wildman–Crippen LogP) is -0.792. The largest absolute Gasteiger partial charge is 0.480 e. The van der Waals surface area contributed by atoms with Gasteiger partial charge in [0, 0.05) is 32.4 Å². The molecule has 0 saturated carbocycles. The summed E-state index contributed by atoms with van der Waals surface area (Å²) in [4.78, 5) is 22.4. The molecule has 0 heterocycles. The SMILES string of the molecule is COCCC(NC(=O)NC(C)CS(C)(=O)=O)C(=O)O. The number of carbonyl (C=O) groups excluding carboxylic acids is 1. The first-order valence-corrected chi connectivity index (χ1v) is 7.68. The zero-order chi connectivity index (χ0) is 15.1. The zero-order valence-electron chi connectivity index (χ0n) is 11.2. The topological polar surface area (TPSA) is 122 Å². The lowest BCUT2D eigenvalue weighted by Gasteiger charge is -2.17. The van der Waals surface area contributed by atoms with E-state index in [0.717, 1.165) is 6.26 Å². The molecule has 19 heavy (non-hydrogen) atoms. The summed E-state index contributed by atoms with van der Waals surface area (Å²) in [7, 11) is -1.78. The third-order valence-electron chi connectivity index (χ3n) is 2.14. The summed E-state index contributed by atoms with van der Waals surface area (Å²) in [5, 5.41) is 13.5. The number of carboxylic acid groups (broad SMARTS) is 1. The number of nitrogens with one attached hydrogen (secondary N) is 2. The van der Waals surface area contributed by atoms with Crippen LogP contribution in [-0.4, -0.2) is 63.3 Å². The Morgan fingerprint density at radius 2 is 1.89 bits per heavy atom. The summed E-state index contributed by atoms with van der Waals surface area (Å²) < 4.78 is 26.8. The van der Waals surface area contributed by atoms with E-state index in [1.54, 1.807) is 0 Å². The summed E-state index contributed by atoms with van der Waals surface area (Å²) in [5.74, 6) is -1.39. The van der Waals surface area contributed by atoms with Gasteiger partial charge >= 0.3 is 12.0 Å². The molecular formula is C10H20N2O6S. The van der Waals surface area contributed by atoms with Crippen LogP contribution in [0.5, 0.6) is 0 Å². The van der Waals surface area contributed by atoms with Crippen LogP contribution in [0.25, 0.3) is 0 Å². The van der Waals surface area contributed by atoms with E-state index in [4.69, 9.17) is 9.84 Å². The maximum atomic E-state index is 11.5. The number of rotatable bonds is 8. The van der Waals surface area contributed by atoms with Crippen LogP contribution in [0.3, 0.4) is 0 Å². The van der Waals surface area contributed by atoms with Crippen LogP contribution in [0, 0.1) is 0 Å². The number of amides is 2. The molecule has 0 aliphatic rings. The molecule has 0 aliphatic carbocycles. The number of carbonyl (C=O) groups is 2. The normalized spacial score (nSPS) is 14.5. The lowest BCUT2D eigenvalue weighted by atomic mass is 10.2. The molecule has 2 amide bonds. The molecule has 0 bridgehead atoms. The second kappa shape index (κ2) is 7.95. The van der Waals surface area contributed by atoms with Crippen LogP contribution in [0.1, 0.15) is 13.3 Å². The maximum absolute atomic E-state index is 11.5. The molecule has 0 saturated heterocycles.